The molecule has 0 aromatic heterocycles. The molecule has 0 unspecified atom stereocenters. The number of nitrogens with one attached hydrogen (secondary N) is 7. The molecule has 0 saturated carbocycles. The van der Waals surface area contributed by atoms with Crippen LogP contribution in [0, 0.1) is 23.7 Å². The number of hydrogen-bond acceptors (Lipinski definition) is 14. The molecule has 0 radical (unpaired) electrons. The minimum atomic E-state index is -1.42. The number of likely N-dealkylation sites (tertiary alicyclic amines) is 1. The molecule has 3 rings (SSSR count). The molecule has 24 nitrogen and oxygen atoms in total. The van der Waals surface area contributed by atoms with Gasteiger partial charge in [-0.1, -0.05) is 97.4 Å². The molecule has 1 aliphatic heterocycles. The van der Waals surface area contributed by atoms with Crippen molar-refractivity contribution in [3.05, 3.63) is 65.7 Å². The van der Waals surface area contributed by atoms with Crippen LogP contribution in [0.3, 0.4) is 0 Å². The summed E-state index contributed by atoms with van der Waals surface area (Å²) in [6.45, 7) is 13.8. The Labute approximate surface area is 495 Å². The monoisotopic (exact) mass is 1180 g/mol. The summed E-state index contributed by atoms with van der Waals surface area (Å²) in [6.07, 6.45) is 0.789. The number of benzene rings is 2. The quantitative estimate of drug-likeness (QED) is 0.0432. The largest absolute Gasteiger partial charge is 0.508 e. The van der Waals surface area contributed by atoms with Crippen LogP contribution >= 0.6 is 0 Å². The molecule has 0 bridgehead atoms. The van der Waals surface area contributed by atoms with E-state index in [2.05, 4.69) is 37.2 Å². The number of nitrogens with two attached hydrogens (primary N) is 2. The van der Waals surface area contributed by atoms with E-state index in [9.17, 15) is 53.4 Å². The third-order valence-corrected chi connectivity index (χ3v) is 15.8. The number of carboxylic acid groups (broad SMARTS) is 1. The second-order valence-electron chi connectivity index (χ2n) is 22.7. The van der Waals surface area contributed by atoms with Gasteiger partial charge in [0.1, 0.15) is 36.0 Å². The first-order valence-electron chi connectivity index (χ1n) is 29.4. The number of urea groups is 1. The summed E-state index contributed by atoms with van der Waals surface area (Å²) in [6, 6.07) is 6.01. The number of aromatic hydroxyl groups is 1. The van der Waals surface area contributed by atoms with Gasteiger partial charge in [0.15, 0.2) is 0 Å². The molecule has 0 spiro atoms. The van der Waals surface area contributed by atoms with Crippen LogP contribution < -0.4 is 48.7 Å². The minimum Gasteiger partial charge on any atom is -0.508 e. The van der Waals surface area contributed by atoms with E-state index >= 15 is 0 Å². The van der Waals surface area contributed by atoms with Gasteiger partial charge < -0.3 is 78.2 Å². The Kier molecular flexibility index (Phi) is 30.6. The second-order valence-corrected chi connectivity index (χ2v) is 22.7. The maximum Gasteiger partial charge on any atom is 0.326 e. The maximum absolute atomic E-state index is 14.7. The molecule has 1 aliphatic rings. The van der Waals surface area contributed by atoms with Crippen molar-refractivity contribution in [2.24, 2.45) is 35.1 Å². The number of amides is 9. The Balaban J connectivity index is 1.92. The average Bonchev–Trinajstić information content (AvgIpc) is 3.49. The van der Waals surface area contributed by atoms with Crippen LogP contribution in [-0.2, 0) is 60.7 Å². The summed E-state index contributed by atoms with van der Waals surface area (Å²) in [5.74, 6) is -6.59. The van der Waals surface area contributed by atoms with Crippen molar-refractivity contribution >= 4 is 53.4 Å². The smallest absolute Gasteiger partial charge is 0.326 e. The van der Waals surface area contributed by atoms with Gasteiger partial charge in [-0.2, -0.15) is 0 Å². The van der Waals surface area contributed by atoms with Gasteiger partial charge in [0.2, 0.25) is 41.4 Å². The predicted octanol–water partition coefficient (Wildman–Crippen LogP) is 2.08. The van der Waals surface area contributed by atoms with E-state index in [4.69, 9.17) is 20.9 Å². The van der Waals surface area contributed by atoms with Crippen LogP contribution in [-0.4, -0.2) is 182 Å². The number of aliphatic carboxylic acids is 1. The maximum atomic E-state index is 14.7. The number of primary amides is 1. The lowest BCUT2D eigenvalue weighted by Crippen LogP contribution is -2.59. The Hall–Kier alpha value is -6.89. The van der Waals surface area contributed by atoms with Crippen molar-refractivity contribution < 1.29 is 62.8 Å². The van der Waals surface area contributed by atoms with Crippen LogP contribution in [0.25, 0.3) is 0 Å². The van der Waals surface area contributed by atoms with Crippen LogP contribution in [0.5, 0.6) is 5.75 Å². The van der Waals surface area contributed by atoms with Gasteiger partial charge in [-0.25, -0.2) is 9.59 Å². The van der Waals surface area contributed by atoms with Crippen LogP contribution in [0.1, 0.15) is 117 Å². The minimum absolute atomic E-state index is 0.0189. The number of rotatable bonds is 37. The van der Waals surface area contributed by atoms with E-state index in [0.717, 1.165) is 0 Å². The fourth-order valence-corrected chi connectivity index (χ4v) is 10.8. The molecular weight excluding hydrogens is 1080 g/mol. The SMILES string of the molecule is CC[C@H](C)[C@@H]([C@@H](CC(=O)N1CCC[C@H]1[C@H](OC)[C@@H](C)C(=O)N[C@@H](Cc1ccccc1)C(=O)N[C@@H](CCCNC(N)=O)C(=O)N[C@@H](CCCCN)C(=O)N[C@@H](Cc1ccc(O)cc1)C(=O)O)OC)N(C)C(=O)[C@@H](NC(=O)[C@@H](NC)C(C)C)C(C)C. The Morgan fingerprint density at radius 1 is 0.702 bits per heavy atom. The number of hydrogen-bond donors (Lipinski definition) is 11. The standard InChI is InChI=1S/C60H97N11O13/c1-12-37(6)51(70(9)58(79)50(36(4)5)69-57(78)49(63-8)35(2)3)47(83-10)34-48(73)71-31-19-24-46(71)52(84-11)38(7)53(74)67-44(32-39-20-14-13-15-21-39)56(77)66-43(23-18-30-64-60(62)82)54(75)65-42(22-16-17-29-61)55(76)68-45(59(80)81)33-40-25-27-41(72)28-26-40/h13-15,20-21,25-28,35-38,42-47,49-52,63,72H,12,16-19,22-24,29-34,61H2,1-11H3,(H,65,75)(H,66,77)(H,67,74)(H,68,76)(H,69,78)(H,80,81)(H3,62,64,82)/t37-,38+,42-,43-,44-,45-,46-,47+,49-,50-,51-,52+/m0/s1. The fourth-order valence-electron chi connectivity index (χ4n) is 10.8. The number of carboxylic acids is 1. The van der Waals surface area contributed by atoms with Gasteiger partial charge >= 0.3 is 12.0 Å². The number of carbonyl (C=O) groups is 9. The van der Waals surface area contributed by atoms with Crippen molar-refractivity contribution in [3.8, 4) is 5.75 Å². The third-order valence-electron chi connectivity index (χ3n) is 15.8. The van der Waals surface area contributed by atoms with Crippen molar-refractivity contribution in [1.82, 2.24) is 47.0 Å². The van der Waals surface area contributed by atoms with Gasteiger partial charge in [0, 0.05) is 47.2 Å². The second kappa shape index (κ2) is 36.1. The van der Waals surface area contributed by atoms with Crippen LogP contribution in [0.15, 0.2) is 54.6 Å². The number of likely N-dealkylation sites (N-methyl/N-ethyl adjacent to an activating group) is 2. The van der Waals surface area contributed by atoms with E-state index in [1.165, 1.54) is 38.5 Å². The first-order valence-corrected chi connectivity index (χ1v) is 29.4. The number of ether oxygens (including phenoxy) is 2. The van der Waals surface area contributed by atoms with Crippen LogP contribution in [0.4, 0.5) is 4.79 Å². The summed E-state index contributed by atoms with van der Waals surface area (Å²) in [7, 11) is 6.32. The summed E-state index contributed by atoms with van der Waals surface area (Å²) in [5.41, 5.74) is 12.2. The molecule has 13 N–H and O–H groups in total. The molecule has 9 amide bonds. The van der Waals surface area contributed by atoms with Crippen molar-refractivity contribution in [2.45, 2.75) is 180 Å². The summed E-state index contributed by atoms with van der Waals surface area (Å²) >= 11 is 0. The lowest BCUT2D eigenvalue weighted by molar-refractivity contribution is -0.148. The highest BCUT2D eigenvalue weighted by Gasteiger charge is 2.44. The Morgan fingerprint density at radius 3 is 1.77 bits per heavy atom. The topological polar surface area (TPSA) is 355 Å². The van der Waals surface area contributed by atoms with Gasteiger partial charge in [-0.3, -0.25) is 33.6 Å². The molecule has 0 aliphatic carbocycles. The number of carbonyl (C=O) groups excluding carboxylic acids is 8. The molecule has 1 fully saturated rings. The zero-order valence-electron chi connectivity index (χ0n) is 51.1. The van der Waals surface area contributed by atoms with Crippen molar-refractivity contribution in [3.63, 3.8) is 0 Å². The number of methoxy groups -OCH3 is 2. The molecule has 84 heavy (non-hydrogen) atoms. The van der Waals surface area contributed by atoms with Gasteiger partial charge in [0.25, 0.3) is 0 Å². The van der Waals surface area contributed by atoms with Crippen LogP contribution in [0.2, 0.25) is 0 Å². The highest BCUT2D eigenvalue weighted by atomic mass is 16.5. The number of phenolic OH excluding ortho intramolecular Hbond substituents is 1. The highest BCUT2D eigenvalue weighted by molar-refractivity contribution is 5.95. The lowest BCUT2D eigenvalue weighted by Gasteiger charge is -2.41. The first kappa shape index (κ1) is 71.4. The number of unbranched alkanes of at least 4 members (excludes halogenated alkanes) is 1. The van der Waals surface area contributed by atoms with E-state index < -0.39 is 102 Å². The summed E-state index contributed by atoms with van der Waals surface area (Å²) in [5, 5.41) is 39.2. The lowest BCUT2D eigenvalue weighted by atomic mass is 9.89. The van der Waals surface area contributed by atoms with E-state index in [-0.39, 0.29) is 92.8 Å². The molecule has 1 heterocycles. The van der Waals surface area contributed by atoms with E-state index in [0.29, 0.717) is 49.8 Å². The normalized spacial score (nSPS) is 17.2. The molecule has 12 atom stereocenters. The van der Waals surface area contributed by atoms with E-state index in [1.807, 2.05) is 41.5 Å². The Morgan fingerprint density at radius 2 is 1.25 bits per heavy atom. The molecule has 2 aromatic carbocycles. The molecule has 470 valence electrons. The van der Waals surface area contributed by atoms with Gasteiger partial charge in [0.05, 0.1) is 42.7 Å². The number of nitrogens with zero attached hydrogens (tertiary/aromatic N) is 2. The van der Waals surface area contributed by atoms with Gasteiger partial charge in [-0.15, -0.1) is 0 Å². The van der Waals surface area contributed by atoms with E-state index in [1.54, 1.807) is 61.2 Å². The average molecular weight is 1180 g/mol. The van der Waals surface area contributed by atoms with Gasteiger partial charge in [-0.05, 0) is 99.6 Å². The van der Waals surface area contributed by atoms with Crippen molar-refractivity contribution in [1.29, 1.82) is 0 Å². The highest BCUT2D eigenvalue weighted by Crippen LogP contribution is 2.30. The zero-order valence-corrected chi connectivity index (χ0v) is 51.1. The predicted molar refractivity (Wildman–Crippen MR) is 318 cm³/mol. The third kappa shape index (κ3) is 21.9. The first-order chi connectivity index (χ1) is 39.8. The summed E-state index contributed by atoms with van der Waals surface area (Å²) < 4.78 is 12.1. The summed E-state index contributed by atoms with van der Waals surface area (Å²) in [4.78, 5) is 127. The fraction of sp³-hybridized carbons (Fsp3) is 0.650. The molecular formula is C60H97N11O13. The molecule has 1 saturated heterocycles. The number of phenols is 1. The van der Waals surface area contributed by atoms with Crippen molar-refractivity contribution in [2.75, 3.05) is 47.9 Å². The Bertz CT molecular complexity index is 2430. The zero-order chi connectivity index (χ0) is 62.8. The molecule has 2 aromatic rings. The molecule has 24 heteroatoms.